The fourth-order valence-corrected chi connectivity index (χ4v) is 1.80. The van der Waals surface area contributed by atoms with Gasteiger partial charge in [-0.1, -0.05) is 0 Å². The van der Waals surface area contributed by atoms with E-state index >= 15 is 0 Å². The number of ether oxygens (including phenoxy) is 1. The van der Waals surface area contributed by atoms with Gasteiger partial charge in [-0.15, -0.1) is 0 Å². The number of amidine groups is 1. The Hall–Kier alpha value is -1.85. The number of nitrogens with zero attached hydrogens (tertiary/aromatic N) is 1. The van der Waals surface area contributed by atoms with Crippen LogP contribution in [0.1, 0.15) is 12.5 Å². The third-order valence-electron chi connectivity index (χ3n) is 2.85. The molecule has 2 atom stereocenters. The Morgan fingerprint density at radius 2 is 2.18 bits per heavy atom. The molecule has 2 rings (SSSR count). The smallest absolute Gasteiger partial charge is 0.283 e. The first kappa shape index (κ1) is 11.6. The molecular weight excluding hydrogens is 228 g/mol. The Morgan fingerprint density at radius 1 is 1.47 bits per heavy atom. The second-order valence-corrected chi connectivity index (χ2v) is 4.09. The lowest BCUT2D eigenvalue weighted by molar-refractivity contribution is -0.0231. The van der Waals surface area contributed by atoms with E-state index < -0.39 is 17.6 Å². The fourth-order valence-electron chi connectivity index (χ4n) is 1.80. The van der Waals surface area contributed by atoms with E-state index in [1.165, 1.54) is 25.1 Å². The predicted octanol–water partition coefficient (Wildman–Crippen LogP) is 1.31. The van der Waals surface area contributed by atoms with Crippen molar-refractivity contribution >= 4 is 11.7 Å². The van der Waals surface area contributed by atoms with Crippen LogP contribution in [0.15, 0.2) is 23.2 Å². The van der Waals surface area contributed by atoms with E-state index in [0.29, 0.717) is 5.69 Å². The third-order valence-corrected chi connectivity index (χ3v) is 2.85. The van der Waals surface area contributed by atoms with Gasteiger partial charge < -0.3 is 16.2 Å². The molecule has 0 radical (unpaired) electrons. The lowest BCUT2D eigenvalue weighted by Gasteiger charge is -2.36. The second kappa shape index (κ2) is 3.87. The van der Waals surface area contributed by atoms with Crippen molar-refractivity contribution in [3.63, 3.8) is 0 Å². The van der Waals surface area contributed by atoms with Crippen LogP contribution >= 0.6 is 0 Å². The van der Waals surface area contributed by atoms with Crippen LogP contribution in [0, 0.1) is 5.82 Å². The SMILES string of the molecule is C[C@]1(c2cc(N)ccc2F)OC(N)=NC[C@H]1F. The van der Waals surface area contributed by atoms with Gasteiger partial charge in [0.25, 0.3) is 6.02 Å². The Balaban J connectivity index is 2.50. The monoisotopic (exact) mass is 241 g/mol. The van der Waals surface area contributed by atoms with Crippen molar-refractivity contribution in [2.45, 2.75) is 18.7 Å². The van der Waals surface area contributed by atoms with Gasteiger partial charge >= 0.3 is 0 Å². The summed E-state index contributed by atoms with van der Waals surface area (Å²) in [5.74, 6) is -0.584. The molecular formula is C11H13F2N3O. The van der Waals surface area contributed by atoms with Gasteiger partial charge in [0.1, 0.15) is 5.82 Å². The highest BCUT2D eigenvalue weighted by Crippen LogP contribution is 2.36. The lowest BCUT2D eigenvalue weighted by Crippen LogP contribution is -2.46. The number of alkyl halides is 1. The number of rotatable bonds is 1. The van der Waals surface area contributed by atoms with Gasteiger partial charge in [-0.25, -0.2) is 13.8 Å². The zero-order valence-corrected chi connectivity index (χ0v) is 9.28. The average Bonchev–Trinajstić information content (AvgIpc) is 2.27. The summed E-state index contributed by atoms with van der Waals surface area (Å²) in [5.41, 5.74) is 9.85. The highest BCUT2D eigenvalue weighted by molar-refractivity contribution is 5.73. The highest BCUT2D eigenvalue weighted by Gasteiger charge is 2.43. The molecule has 0 aliphatic carbocycles. The summed E-state index contributed by atoms with van der Waals surface area (Å²) in [6, 6.07) is 3.77. The molecule has 1 aromatic carbocycles. The molecule has 0 unspecified atom stereocenters. The van der Waals surface area contributed by atoms with Crippen molar-refractivity contribution in [3.05, 3.63) is 29.6 Å². The minimum atomic E-state index is -1.49. The summed E-state index contributed by atoms with van der Waals surface area (Å²) >= 11 is 0. The third kappa shape index (κ3) is 1.90. The van der Waals surface area contributed by atoms with Gasteiger partial charge in [-0.3, -0.25) is 0 Å². The molecule has 92 valence electrons. The molecule has 1 heterocycles. The topological polar surface area (TPSA) is 73.6 Å². The number of nitrogens with two attached hydrogens (primary N) is 2. The maximum atomic E-state index is 13.9. The van der Waals surface area contributed by atoms with Crippen LogP contribution in [0.2, 0.25) is 0 Å². The van der Waals surface area contributed by atoms with Gasteiger partial charge in [0, 0.05) is 11.3 Å². The molecule has 0 amide bonds. The van der Waals surface area contributed by atoms with E-state index in [2.05, 4.69) is 4.99 Å². The van der Waals surface area contributed by atoms with Gasteiger partial charge in [-0.05, 0) is 25.1 Å². The molecule has 0 saturated carbocycles. The van der Waals surface area contributed by atoms with Crippen molar-refractivity contribution in [2.24, 2.45) is 10.7 Å². The minimum Gasteiger partial charge on any atom is -0.451 e. The normalized spacial score (nSPS) is 28.4. The maximum Gasteiger partial charge on any atom is 0.283 e. The summed E-state index contributed by atoms with van der Waals surface area (Å²) in [6.07, 6.45) is -1.48. The minimum absolute atomic E-state index is 0.0443. The van der Waals surface area contributed by atoms with Crippen LogP contribution in [-0.2, 0) is 10.3 Å². The van der Waals surface area contributed by atoms with E-state index in [4.69, 9.17) is 16.2 Å². The molecule has 6 heteroatoms. The zero-order chi connectivity index (χ0) is 12.6. The first-order valence-corrected chi connectivity index (χ1v) is 5.12. The standard InChI is InChI=1S/C11H13F2N3O/c1-11(9(13)5-16-10(15)17-11)7-4-6(14)2-3-8(7)12/h2-4,9H,5,14H2,1H3,(H2,15,16)/t9-,11-/m1/s1. The zero-order valence-electron chi connectivity index (χ0n) is 9.28. The first-order chi connectivity index (χ1) is 7.93. The van der Waals surface area contributed by atoms with E-state index in [1.54, 1.807) is 0 Å². The van der Waals surface area contributed by atoms with E-state index in [0.717, 1.165) is 0 Å². The van der Waals surface area contributed by atoms with Crippen molar-refractivity contribution in [1.82, 2.24) is 0 Å². The summed E-state index contributed by atoms with van der Waals surface area (Å²) < 4.78 is 32.8. The molecule has 4 nitrogen and oxygen atoms in total. The summed E-state index contributed by atoms with van der Waals surface area (Å²) in [4.78, 5) is 3.63. The van der Waals surface area contributed by atoms with Gasteiger partial charge in [-0.2, -0.15) is 0 Å². The Kier molecular flexibility index (Phi) is 2.65. The Labute approximate surface area is 97.3 Å². The largest absolute Gasteiger partial charge is 0.451 e. The molecule has 1 aromatic rings. The van der Waals surface area contributed by atoms with Crippen LogP contribution < -0.4 is 11.5 Å². The number of hydrogen-bond donors (Lipinski definition) is 2. The number of benzene rings is 1. The Morgan fingerprint density at radius 3 is 2.88 bits per heavy atom. The van der Waals surface area contributed by atoms with Crippen molar-refractivity contribution in [1.29, 1.82) is 0 Å². The van der Waals surface area contributed by atoms with E-state index in [1.807, 2.05) is 0 Å². The predicted molar refractivity (Wildman–Crippen MR) is 60.6 cm³/mol. The number of nitrogen functional groups attached to an aromatic ring is 1. The summed E-state index contributed by atoms with van der Waals surface area (Å²) in [5, 5.41) is 0. The number of halogens is 2. The average molecular weight is 241 g/mol. The van der Waals surface area contributed by atoms with Gasteiger partial charge in [0.15, 0.2) is 11.8 Å². The maximum absolute atomic E-state index is 13.9. The number of anilines is 1. The molecule has 0 aromatic heterocycles. The summed E-state index contributed by atoms with van der Waals surface area (Å²) in [7, 11) is 0. The van der Waals surface area contributed by atoms with Crippen LogP contribution in [0.3, 0.4) is 0 Å². The Bertz CT molecular complexity index is 478. The van der Waals surface area contributed by atoms with Crippen LogP contribution in [0.25, 0.3) is 0 Å². The van der Waals surface area contributed by atoms with Gasteiger partial charge in [0.2, 0.25) is 0 Å². The quantitative estimate of drug-likeness (QED) is 0.728. The van der Waals surface area contributed by atoms with E-state index in [-0.39, 0.29) is 18.1 Å². The molecule has 1 aliphatic rings. The molecule has 1 aliphatic heterocycles. The fraction of sp³-hybridized carbons (Fsp3) is 0.364. The van der Waals surface area contributed by atoms with E-state index in [9.17, 15) is 8.78 Å². The number of aliphatic imine (C=N–C) groups is 1. The van der Waals surface area contributed by atoms with Crippen molar-refractivity contribution < 1.29 is 13.5 Å². The summed E-state index contributed by atoms with van der Waals surface area (Å²) in [6.45, 7) is 1.27. The van der Waals surface area contributed by atoms with Crippen LogP contribution in [0.5, 0.6) is 0 Å². The molecule has 0 fully saturated rings. The van der Waals surface area contributed by atoms with Gasteiger partial charge in [0.05, 0.1) is 6.54 Å². The molecule has 0 bridgehead atoms. The van der Waals surface area contributed by atoms with Crippen LogP contribution in [0.4, 0.5) is 14.5 Å². The molecule has 0 spiro atoms. The first-order valence-electron chi connectivity index (χ1n) is 5.12. The molecule has 4 N–H and O–H groups in total. The van der Waals surface area contributed by atoms with Crippen molar-refractivity contribution in [2.75, 3.05) is 12.3 Å². The molecule has 17 heavy (non-hydrogen) atoms. The van der Waals surface area contributed by atoms with Crippen LogP contribution in [-0.4, -0.2) is 18.7 Å². The second-order valence-electron chi connectivity index (χ2n) is 4.09. The molecule has 0 saturated heterocycles. The highest BCUT2D eigenvalue weighted by atomic mass is 19.1. The lowest BCUT2D eigenvalue weighted by atomic mass is 9.89. The van der Waals surface area contributed by atoms with Crippen molar-refractivity contribution in [3.8, 4) is 0 Å². The number of hydrogen-bond acceptors (Lipinski definition) is 4.